The molecule has 0 bridgehead atoms. The normalized spacial score (nSPS) is 13.6. The van der Waals surface area contributed by atoms with Crippen LogP contribution in [0.15, 0.2) is 24.3 Å². The van der Waals surface area contributed by atoms with Gasteiger partial charge in [-0.25, -0.2) is 0 Å². The molecule has 2 N–H and O–H groups in total. The fraction of sp³-hybridized carbons (Fsp3) is 0.353. The summed E-state index contributed by atoms with van der Waals surface area (Å²) in [5.74, 6) is -0.262. The maximum atomic E-state index is 12.2. The van der Waals surface area contributed by atoms with E-state index in [0.29, 0.717) is 13.1 Å². The first-order chi connectivity index (χ1) is 11.0. The summed E-state index contributed by atoms with van der Waals surface area (Å²) in [5, 5.41) is 10.1. The topological polar surface area (TPSA) is 78.1 Å². The van der Waals surface area contributed by atoms with Crippen molar-refractivity contribution in [2.24, 2.45) is 0 Å². The monoisotopic (exact) mass is 312 g/mol. The molecule has 1 aromatic carbocycles. The number of hydrogen-bond acceptors (Lipinski definition) is 3. The van der Waals surface area contributed by atoms with Crippen molar-refractivity contribution in [1.82, 2.24) is 20.4 Å². The number of benzene rings is 1. The Labute approximate surface area is 134 Å². The molecular formula is C17H20N4O2. The van der Waals surface area contributed by atoms with Gasteiger partial charge in [-0.2, -0.15) is 5.10 Å². The number of carbonyl (C=O) groups is 2. The second kappa shape index (κ2) is 6.24. The van der Waals surface area contributed by atoms with Gasteiger partial charge in [-0.1, -0.05) is 29.8 Å². The molecule has 2 heterocycles. The Hall–Kier alpha value is -2.63. The zero-order valence-corrected chi connectivity index (χ0v) is 13.3. The van der Waals surface area contributed by atoms with Gasteiger partial charge in [0.2, 0.25) is 11.8 Å². The molecule has 1 aliphatic rings. The molecule has 0 unspecified atom stereocenters. The number of nitrogens with one attached hydrogen (secondary N) is 2. The SMILES string of the molecule is CC(=O)NCC(=O)N1CCc2[nH]nc(-c3ccc(C)cc3)c2C1. The van der Waals surface area contributed by atoms with Gasteiger partial charge in [0.1, 0.15) is 0 Å². The minimum Gasteiger partial charge on any atom is -0.347 e. The number of aryl methyl sites for hydroxylation is 1. The summed E-state index contributed by atoms with van der Waals surface area (Å²) in [6, 6.07) is 8.20. The van der Waals surface area contributed by atoms with E-state index < -0.39 is 0 Å². The molecule has 6 heteroatoms. The van der Waals surface area contributed by atoms with E-state index in [1.165, 1.54) is 12.5 Å². The van der Waals surface area contributed by atoms with Gasteiger partial charge in [0.15, 0.2) is 0 Å². The van der Waals surface area contributed by atoms with E-state index >= 15 is 0 Å². The summed E-state index contributed by atoms with van der Waals surface area (Å²) < 4.78 is 0. The molecule has 0 spiro atoms. The van der Waals surface area contributed by atoms with Crippen LogP contribution in [0.4, 0.5) is 0 Å². The highest BCUT2D eigenvalue weighted by Gasteiger charge is 2.25. The summed E-state index contributed by atoms with van der Waals surface area (Å²) in [6.07, 6.45) is 0.750. The molecule has 0 atom stereocenters. The lowest BCUT2D eigenvalue weighted by molar-refractivity contribution is -0.133. The van der Waals surface area contributed by atoms with Crippen LogP contribution in [0.25, 0.3) is 11.3 Å². The summed E-state index contributed by atoms with van der Waals surface area (Å²) >= 11 is 0. The Morgan fingerprint density at radius 2 is 2.04 bits per heavy atom. The molecule has 1 aromatic heterocycles. The largest absolute Gasteiger partial charge is 0.347 e. The van der Waals surface area contributed by atoms with E-state index in [4.69, 9.17) is 0 Å². The van der Waals surface area contributed by atoms with Crippen molar-refractivity contribution in [3.05, 3.63) is 41.1 Å². The number of amides is 2. The summed E-state index contributed by atoms with van der Waals surface area (Å²) in [5.41, 5.74) is 5.30. The van der Waals surface area contributed by atoms with E-state index in [9.17, 15) is 9.59 Å². The predicted octanol–water partition coefficient (Wildman–Crippen LogP) is 1.41. The fourth-order valence-electron chi connectivity index (χ4n) is 2.77. The first-order valence-electron chi connectivity index (χ1n) is 7.70. The van der Waals surface area contributed by atoms with Crippen LogP contribution in [0.1, 0.15) is 23.7 Å². The Kier molecular flexibility index (Phi) is 4.14. The van der Waals surface area contributed by atoms with Crippen LogP contribution in [-0.2, 0) is 22.6 Å². The third-order valence-electron chi connectivity index (χ3n) is 4.10. The average Bonchev–Trinajstić information content (AvgIpc) is 2.96. The van der Waals surface area contributed by atoms with Gasteiger partial charge >= 0.3 is 0 Å². The van der Waals surface area contributed by atoms with E-state index in [2.05, 4.69) is 27.6 Å². The number of carbonyl (C=O) groups excluding carboxylic acids is 2. The van der Waals surface area contributed by atoms with Gasteiger partial charge in [0, 0.05) is 43.3 Å². The molecule has 2 aromatic rings. The zero-order chi connectivity index (χ0) is 16.4. The number of fused-ring (bicyclic) bond motifs is 1. The Morgan fingerprint density at radius 3 is 2.74 bits per heavy atom. The molecule has 0 saturated carbocycles. The molecule has 0 saturated heterocycles. The van der Waals surface area contributed by atoms with Crippen LogP contribution >= 0.6 is 0 Å². The lowest BCUT2D eigenvalue weighted by atomic mass is 10.0. The average molecular weight is 312 g/mol. The smallest absolute Gasteiger partial charge is 0.242 e. The number of nitrogens with zero attached hydrogens (tertiary/aromatic N) is 2. The van der Waals surface area contributed by atoms with E-state index in [1.807, 2.05) is 19.1 Å². The standard InChI is InChI=1S/C17H20N4O2/c1-11-3-5-13(6-4-11)17-14-10-21(8-7-15(14)19-20-17)16(23)9-18-12(2)22/h3-6H,7-10H2,1-2H3,(H,18,22)(H,19,20). The molecule has 6 nitrogen and oxygen atoms in total. The van der Waals surface area contributed by atoms with Crippen LogP contribution in [0.3, 0.4) is 0 Å². The molecule has 120 valence electrons. The van der Waals surface area contributed by atoms with Crippen LogP contribution in [0.5, 0.6) is 0 Å². The third kappa shape index (κ3) is 3.26. The highest BCUT2D eigenvalue weighted by Crippen LogP contribution is 2.28. The lowest BCUT2D eigenvalue weighted by Crippen LogP contribution is -2.42. The maximum Gasteiger partial charge on any atom is 0.242 e. The predicted molar refractivity (Wildman–Crippen MR) is 86.6 cm³/mol. The minimum atomic E-state index is -0.195. The molecule has 0 radical (unpaired) electrons. The highest BCUT2D eigenvalue weighted by molar-refractivity contribution is 5.84. The van der Waals surface area contributed by atoms with Crippen molar-refractivity contribution >= 4 is 11.8 Å². The molecule has 0 aliphatic carbocycles. The minimum absolute atomic E-state index is 0.0440. The van der Waals surface area contributed by atoms with Gasteiger partial charge in [-0.05, 0) is 6.92 Å². The first kappa shape index (κ1) is 15.3. The Balaban J connectivity index is 1.80. The van der Waals surface area contributed by atoms with Crippen molar-refractivity contribution in [2.75, 3.05) is 13.1 Å². The van der Waals surface area contributed by atoms with E-state index in [-0.39, 0.29) is 18.4 Å². The second-order valence-electron chi connectivity index (χ2n) is 5.87. The number of rotatable bonds is 3. The Morgan fingerprint density at radius 1 is 1.30 bits per heavy atom. The molecule has 1 aliphatic heterocycles. The Bertz CT molecular complexity index is 734. The van der Waals surface area contributed by atoms with Crippen LogP contribution in [0.2, 0.25) is 0 Å². The van der Waals surface area contributed by atoms with Crippen molar-refractivity contribution in [3.8, 4) is 11.3 Å². The quantitative estimate of drug-likeness (QED) is 0.899. The number of aromatic nitrogens is 2. The molecular weight excluding hydrogens is 292 g/mol. The maximum absolute atomic E-state index is 12.2. The van der Waals surface area contributed by atoms with E-state index in [0.717, 1.165) is 28.9 Å². The van der Waals surface area contributed by atoms with Crippen LogP contribution < -0.4 is 5.32 Å². The summed E-state index contributed by atoms with van der Waals surface area (Å²) in [7, 11) is 0. The second-order valence-corrected chi connectivity index (χ2v) is 5.87. The van der Waals surface area contributed by atoms with Gasteiger partial charge in [-0.3, -0.25) is 14.7 Å². The van der Waals surface area contributed by atoms with Gasteiger partial charge in [0.05, 0.1) is 12.2 Å². The summed E-state index contributed by atoms with van der Waals surface area (Å²) in [4.78, 5) is 24.9. The van der Waals surface area contributed by atoms with Crippen molar-refractivity contribution < 1.29 is 9.59 Å². The molecule has 3 rings (SSSR count). The van der Waals surface area contributed by atoms with Crippen LogP contribution in [-0.4, -0.2) is 40.0 Å². The van der Waals surface area contributed by atoms with Crippen molar-refractivity contribution in [3.63, 3.8) is 0 Å². The summed E-state index contributed by atoms with van der Waals surface area (Å²) in [6.45, 7) is 4.66. The van der Waals surface area contributed by atoms with Crippen molar-refractivity contribution in [2.45, 2.75) is 26.8 Å². The zero-order valence-electron chi connectivity index (χ0n) is 13.3. The molecule has 23 heavy (non-hydrogen) atoms. The first-order valence-corrected chi connectivity index (χ1v) is 7.70. The fourth-order valence-corrected chi connectivity index (χ4v) is 2.77. The number of aromatic amines is 1. The lowest BCUT2D eigenvalue weighted by Gasteiger charge is -2.27. The van der Waals surface area contributed by atoms with E-state index in [1.54, 1.807) is 4.90 Å². The van der Waals surface area contributed by atoms with Gasteiger partial charge in [0.25, 0.3) is 0 Å². The van der Waals surface area contributed by atoms with Crippen LogP contribution in [0, 0.1) is 6.92 Å². The third-order valence-corrected chi connectivity index (χ3v) is 4.10. The highest BCUT2D eigenvalue weighted by atomic mass is 16.2. The number of H-pyrrole nitrogens is 1. The van der Waals surface area contributed by atoms with Gasteiger partial charge < -0.3 is 10.2 Å². The molecule has 2 amide bonds. The number of hydrogen-bond donors (Lipinski definition) is 2. The molecule has 0 fully saturated rings. The van der Waals surface area contributed by atoms with Crippen molar-refractivity contribution in [1.29, 1.82) is 0 Å². The van der Waals surface area contributed by atoms with Gasteiger partial charge in [-0.15, -0.1) is 0 Å².